The molecule has 0 saturated carbocycles. The second-order valence-electron chi connectivity index (χ2n) is 4.54. The molecule has 0 spiro atoms. The second kappa shape index (κ2) is 7.78. The normalized spacial score (nSPS) is 12.4. The van der Waals surface area contributed by atoms with Crippen molar-refractivity contribution in [1.82, 2.24) is 5.32 Å². The molecule has 0 aliphatic carbocycles. The maximum absolute atomic E-state index is 13.9. The van der Waals surface area contributed by atoms with Crippen LogP contribution in [0.3, 0.4) is 0 Å². The molecule has 0 aliphatic heterocycles. The van der Waals surface area contributed by atoms with Crippen LogP contribution in [0.1, 0.15) is 18.5 Å². The minimum atomic E-state index is -0.429. The number of nitrogens with one attached hydrogen (secondary N) is 1. The number of hydrogen-bond acceptors (Lipinski definition) is 2. The number of hydrogen-bond donors (Lipinski definition) is 1. The van der Waals surface area contributed by atoms with E-state index in [1.165, 1.54) is 12.1 Å². The van der Waals surface area contributed by atoms with Gasteiger partial charge in [0.15, 0.2) is 0 Å². The van der Waals surface area contributed by atoms with Gasteiger partial charge in [-0.2, -0.15) is 0 Å². The molecule has 0 heterocycles. The lowest BCUT2D eigenvalue weighted by Crippen LogP contribution is -2.24. The van der Waals surface area contributed by atoms with E-state index in [1.54, 1.807) is 17.8 Å². The van der Waals surface area contributed by atoms with Gasteiger partial charge in [0.1, 0.15) is 11.6 Å². The topological polar surface area (TPSA) is 12.0 Å². The van der Waals surface area contributed by atoms with Gasteiger partial charge in [-0.1, -0.05) is 24.6 Å². The molecule has 112 valence electrons. The Kier molecular flexibility index (Phi) is 6.03. The highest BCUT2D eigenvalue weighted by Crippen LogP contribution is 2.28. The van der Waals surface area contributed by atoms with E-state index in [-0.39, 0.29) is 6.04 Å². The fourth-order valence-corrected chi connectivity index (χ4v) is 3.32. The third kappa shape index (κ3) is 4.70. The Morgan fingerprint density at radius 1 is 1.19 bits per heavy atom. The van der Waals surface area contributed by atoms with Crippen LogP contribution in [0.25, 0.3) is 0 Å². The van der Waals surface area contributed by atoms with Crippen molar-refractivity contribution < 1.29 is 8.78 Å². The van der Waals surface area contributed by atoms with E-state index in [0.717, 1.165) is 11.0 Å². The predicted octanol–water partition coefficient (Wildman–Crippen LogP) is 5.06. The zero-order valence-corrected chi connectivity index (χ0v) is 13.1. The summed E-state index contributed by atoms with van der Waals surface area (Å²) in [6, 6.07) is 10.8. The monoisotopic (exact) mass is 327 g/mol. The Bertz CT molecular complexity index is 607. The number of benzene rings is 2. The van der Waals surface area contributed by atoms with Crippen molar-refractivity contribution in [2.45, 2.75) is 17.9 Å². The molecule has 0 aromatic heterocycles. The molecule has 1 atom stereocenters. The highest BCUT2D eigenvalue weighted by molar-refractivity contribution is 7.99. The molecule has 0 fully saturated rings. The lowest BCUT2D eigenvalue weighted by Gasteiger charge is -2.19. The highest BCUT2D eigenvalue weighted by Gasteiger charge is 2.16. The van der Waals surface area contributed by atoms with Gasteiger partial charge in [-0.05, 0) is 42.9 Å². The van der Waals surface area contributed by atoms with E-state index in [0.29, 0.717) is 22.9 Å². The van der Waals surface area contributed by atoms with E-state index < -0.39 is 11.6 Å². The standard InChI is InChI=1S/C16H16ClF2NS/c1-2-20-16(14-9-12(18)6-7-15(14)19)10-21-13-5-3-4-11(17)8-13/h3-9,16,20H,2,10H2,1H3. The number of rotatable bonds is 6. The van der Waals surface area contributed by atoms with Crippen molar-refractivity contribution in [2.24, 2.45) is 0 Å². The Balaban J connectivity index is 2.13. The van der Waals surface area contributed by atoms with E-state index >= 15 is 0 Å². The summed E-state index contributed by atoms with van der Waals surface area (Å²) in [6.45, 7) is 2.62. The van der Waals surface area contributed by atoms with Gasteiger partial charge in [0.05, 0.1) is 0 Å². The number of thioether (sulfide) groups is 1. The average Bonchev–Trinajstić information content (AvgIpc) is 2.46. The van der Waals surface area contributed by atoms with Crippen LogP contribution in [-0.2, 0) is 0 Å². The van der Waals surface area contributed by atoms with Crippen LogP contribution < -0.4 is 5.32 Å². The fraction of sp³-hybridized carbons (Fsp3) is 0.250. The summed E-state index contributed by atoms with van der Waals surface area (Å²) in [7, 11) is 0. The summed E-state index contributed by atoms with van der Waals surface area (Å²) in [5.74, 6) is -0.231. The molecular formula is C16H16ClF2NS. The van der Waals surface area contributed by atoms with Crippen molar-refractivity contribution in [3.05, 3.63) is 64.7 Å². The van der Waals surface area contributed by atoms with Crippen LogP contribution in [0.4, 0.5) is 8.78 Å². The molecule has 21 heavy (non-hydrogen) atoms. The molecule has 1 nitrogen and oxygen atoms in total. The van der Waals surface area contributed by atoms with Gasteiger partial charge >= 0.3 is 0 Å². The molecule has 2 aromatic carbocycles. The maximum Gasteiger partial charge on any atom is 0.128 e. The molecule has 2 rings (SSSR count). The van der Waals surface area contributed by atoms with Crippen molar-refractivity contribution >= 4 is 23.4 Å². The second-order valence-corrected chi connectivity index (χ2v) is 6.07. The molecule has 0 aliphatic rings. The maximum atomic E-state index is 13.9. The molecule has 0 amide bonds. The van der Waals surface area contributed by atoms with E-state index in [4.69, 9.17) is 11.6 Å². The predicted molar refractivity (Wildman–Crippen MR) is 85.0 cm³/mol. The Labute approximate surface area is 132 Å². The summed E-state index contributed by atoms with van der Waals surface area (Å²) >= 11 is 7.50. The van der Waals surface area contributed by atoms with Gasteiger partial charge in [-0.25, -0.2) is 8.78 Å². The van der Waals surface area contributed by atoms with Gasteiger partial charge in [-0.15, -0.1) is 11.8 Å². The molecular weight excluding hydrogens is 312 g/mol. The van der Waals surface area contributed by atoms with Crippen molar-refractivity contribution in [2.75, 3.05) is 12.3 Å². The number of halogens is 3. The third-order valence-electron chi connectivity index (χ3n) is 3.00. The Morgan fingerprint density at radius 3 is 2.71 bits per heavy atom. The van der Waals surface area contributed by atoms with Gasteiger partial charge < -0.3 is 5.32 Å². The van der Waals surface area contributed by atoms with Crippen LogP contribution in [0.5, 0.6) is 0 Å². The van der Waals surface area contributed by atoms with Crippen LogP contribution in [0.15, 0.2) is 47.4 Å². The Morgan fingerprint density at radius 2 is 2.00 bits per heavy atom. The first-order valence-corrected chi connectivity index (χ1v) is 8.03. The summed E-state index contributed by atoms with van der Waals surface area (Å²) in [6.07, 6.45) is 0. The average molecular weight is 328 g/mol. The first-order valence-electron chi connectivity index (χ1n) is 6.67. The molecule has 0 bridgehead atoms. The SMILES string of the molecule is CCNC(CSc1cccc(Cl)c1)c1cc(F)ccc1F. The summed E-state index contributed by atoms with van der Waals surface area (Å²) in [4.78, 5) is 1.00. The van der Waals surface area contributed by atoms with E-state index in [9.17, 15) is 8.78 Å². The van der Waals surface area contributed by atoms with Crippen molar-refractivity contribution in [1.29, 1.82) is 0 Å². The van der Waals surface area contributed by atoms with Crippen molar-refractivity contribution in [3.63, 3.8) is 0 Å². The smallest absolute Gasteiger partial charge is 0.128 e. The van der Waals surface area contributed by atoms with Gasteiger partial charge in [0, 0.05) is 27.3 Å². The molecule has 1 N–H and O–H groups in total. The van der Waals surface area contributed by atoms with Crippen LogP contribution in [0.2, 0.25) is 5.02 Å². The zero-order chi connectivity index (χ0) is 15.2. The summed E-state index contributed by atoms with van der Waals surface area (Å²) < 4.78 is 27.2. The van der Waals surface area contributed by atoms with Gasteiger partial charge in [0.25, 0.3) is 0 Å². The van der Waals surface area contributed by atoms with E-state index in [1.807, 2.05) is 25.1 Å². The largest absolute Gasteiger partial charge is 0.309 e. The van der Waals surface area contributed by atoms with Crippen LogP contribution in [0, 0.1) is 11.6 Å². The van der Waals surface area contributed by atoms with E-state index in [2.05, 4.69) is 5.32 Å². The van der Waals surface area contributed by atoms with Crippen molar-refractivity contribution in [3.8, 4) is 0 Å². The minimum absolute atomic E-state index is 0.255. The van der Waals surface area contributed by atoms with Crippen LogP contribution in [-0.4, -0.2) is 12.3 Å². The Hall–Kier alpha value is -1.10. The van der Waals surface area contributed by atoms with Crippen LogP contribution >= 0.6 is 23.4 Å². The summed E-state index contributed by atoms with van der Waals surface area (Å²) in [5.41, 5.74) is 0.353. The molecule has 5 heteroatoms. The molecule has 1 unspecified atom stereocenters. The lowest BCUT2D eigenvalue weighted by atomic mass is 10.1. The molecule has 0 radical (unpaired) electrons. The zero-order valence-electron chi connectivity index (χ0n) is 11.6. The lowest BCUT2D eigenvalue weighted by molar-refractivity contribution is 0.533. The minimum Gasteiger partial charge on any atom is -0.309 e. The third-order valence-corrected chi connectivity index (χ3v) is 4.32. The molecule has 0 saturated heterocycles. The quantitative estimate of drug-likeness (QED) is 0.744. The first kappa shape index (κ1) is 16.3. The van der Waals surface area contributed by atoms with Gasteiger partial charge in [-0.3, -0.25) is 0 Å². The first-order chi connectivity index (χ1) is 10.1. The molecule has 2 aromatic rings. The fourth-order valence-electron chi connectivity index (χ4n) is 2.02. The van der Waals surface area contributed by atoms with Gasteiger partial charge in [0.2, 0.25) is 0 Å². The highest BCUT2D eigenvalue weighted by atomic mass is 35.5. The summed E-state index contributed by atoms with van der Waals surface area (Å²) in [5, 5.41) is 3.86.